The van der Waals surface area contributed by atoms with Crippen LogP contribution in [0.4, 0.5) is 4.79 Å². The largest absolute Gasteiger partial charge is 0.331 e. The van der Waals surface area contributed by atoms with E-state index in [4.69, 9.17) is 0 Å². The number of nitrogens with zero attached hydrogens (tertiary/aromatic N) is 1. The van der Waals surface area contributed by atoms with E-state index in [1.165, 1.54) is 17.7 Å². The summed E-state index contributed by atoms with van der Waals surface area (Å²) in [6.45, 7) is 1.95. The van der Waals surface area contributed by atoms with Crippen LogP contribution in [-0.2, 0) is 9.59 Å². The van der Waals surface area contributed by atoms with Crippen molar-refractivity contribution in [3.63, 3.8) is 0 Å². The molecule has 0 aromatic carbocycles. The van der Waals surface area contributed by atoms with Crippen molar-refractivity contribution in [3.05, 3.63) is 0 Å². The average molecular weight is 278 g/mol. The fraction of sp³-hybridized carbons (Fsp3) is 0.800. The summed E-state index contributed by atoms with van der Waals surface area (Å²) >= 11 is 0. The molecule has 3 rings (SSSR count). The third-order valence-corrected chi connectivity index (χ3v) is 5.45. The molecule has 0 aromatic heterocycles. The lowest BCUT2D eigenvalue weighted by molar-refractivity contribution is -0.153. The Morgan fingerprint density at radius 3 is 2.30 bits per heavy atom. The molecule has 0 bridgehead atoms. The molecule has 3 aliphatic rings. The van der Waals surface area contributed by atoms with Crippen molar-refractivity contribution in [1.29, 1.82) is 0 Å². The summed E-state index contributed by atoms with van der Waals surface area (Å²) < 4.78 is 0. The van der Waals surface area contributed by atoms with Crippen molar-refractivity contribution in [3.8, 4) is 0 Å². The number of rotatable bonds is 2. The third-order valence-electron chi connectivity index (χ3n) is 5.45. The van der Waals surface area contributed by atoms with Crippen LogP contribution in [0.25, 0.3) is 0 Å². The standard InChI is InChI=1S/C15H22N2O3/c1-10(11-6-2-3-7-11)17-13(19)15(8-4-5-9-15)12(18)16-14(17)20/h10-11H,2-9H2,1H3,(H,16,18,20). The maximum absolute atomic E-state index is 12.8. The summed E-state index contributed by atoms with van der Waals surface area (Å²) in [6.07, 6.45) is 7.42. The molecule has 1 N–H and O–H groups in total. The van der Waals surface area contributed by atoms with Crippen molar-refractivity contribution in [1.82, 2.24) is 10.2 Å². The van der Waals surface area contributed by atoms with E-state index in [1.54, 1.807) is 0 Å². The number of urea groups is 1. The van der Waals surface area contributed by atoms with Crippen LogP contribution in [0, 0.1) is 11.3 Å². The van der Waals surface area contributed by atoms with Gasteiger partial charge in [0.1, 0.15) is 5.41 Å². The molecule has 1 atom stereocenters. The first-order chi connectivity index (χ1) is 9.56. The molecular weight excluding hydrogens is 256 g/mol. The second kappa shape index (κ2) is 4.86. The number of amides is 4. The van der Waals surface area contributed by atoms with E-state index in [0.29, 0.717) is 18.8 Å². The van der Waals surface area contributed by atoms with Gasteiger partial charge in [0.15, 0.2) is 0 Å². The van der Waals surface area contributed by atoms with Gasteiger partial charge in [0.25, 0.3) is 0 Å². The van der Waals surface area contributed by atoms with Gasteiger partial charge in [0, 0.05) is 6.04 Å². The topological polar surface area (TPSA) is 66.5 Å². The SMILES string of the molecule is CC(C1CCCC1)N1C(=O)NC(=O)C2(CCCC2)C1=O. The second-order valence-corrected chi connectivity index (χ2v) is 6.51. The van der Waals surface area contributed by atoms with E-state index < -0.39 is 11.4 Å². The van der Waals surface area contributed by atoms with Crippen LogP contribution < -0.4 is 5.32 Å². The van der Waals surface area contributed by atoms with Gasteiger partial charge in [-0.1, -0.05) is 25.7 Å². The van der Waals surface area contributed by atoms with Crippen LogP contribution in [0.3, 0.4) is 0 Å². The number of hydrogen-bond acceptors (Lipinski definition) is 3. The lowest BCUT2D eigenvalue weighted by Gasteiger charge is -2.41. The molecule has 110 valence electrons. The lowest BCUT2D eigenvalue weighted by Crippen LogP contribution is -2.65. The van der Waals surface area contributed by atoms with Crippen molar-refractivity contribution in [2.24, 2.45) is 11.3 Å². The Bertz CT molecular complexity index is 448. The van der Waals surface area contributed by atoms with Gasteiger partial charge < -0.3 is 0 Å². The molecule has 1 unspecified atom stereocenters. The maximum Gasteiger partial charge on any atom is 0.331 e. The second-order valence-electron chi connectivity index (χ2n) is 6.51. The number of barbiturate groups is 1. The molecule has 5 nitrogen and oxygen atoms in total. The van der Waals surface area contributed by atoms with Crippen molar-refractivity contribution in [2.45, 2.75) is 64.3 Å². The molecule has 2 aliphatic carbocycles. The van der Waals surface area contributed by atoms with Gasteiger partial charge in [-0.2, -0.15) is 0 Å². The number of imide groups is 2. The summed E-state index contributed by atoms with van der Waals surface area (Å²) in [5.74, 6) is -0.237. The first-order valence-electron chi connectivity index (χ1n) is 7.75. The fourth-order valence-corrected chi connectivity index (χ4v) is 4.14. The van der Waals surface area contributed by atoms with E-state index in [1.807, 2.05) is 6.92 Å². The molecule has 5 heteroatoms. The van der Waals surface area contributed by atoms with Crippen LogP contribution in [0.15, 0.2) is 0 Å². The Kier molecular flexibility index (Phi) is 3.30. The summed E-state index contributed by atoms with van der Waals surface area (Å²) in [5.41, 5.74) is -0.958. The molecular formula is C15H22N2O3. The van der Waals surface area contributed by atoms with E-state index in [-0.39, 0.29) is 17.9 Å². The molecule has 20 heavy (non-hydrogen) atoms. The van der Waals surface area contributed by atoms with Crippen molar-refractivity contribution in [2.75, 3.05) is 0 Å². The summed E-state index contributed by atoms with van der Waals surface area (Å²) in [4.78, 5) is 38.4. The monoisotopic (exact) mass is 278 g/mol. The minimum Gasteiger partial charge on any atom is -0.277 e. The maximum atomic E-state index is 12.8. The van der Waals surface area contributed by atoms with Crippen molar-refractivity contribution >= 4 is 17.8 Å². The average Bonchev–Trinajstić information content (AvgIpc) is 3.09. The van der Waals surface area contributed by atoms with Crippen LogP contribution in [-0.4, -0.2) is 28.8 Å². The highest BCUT2D eigenvalue weighted by Crippen LogP contribution is 2.43. The summed E-state index contributed by atoms with van der Waals surface area (Å²) in [5, 5.41) is 2.42. The lowest BCUT2D eigenvalue weighted by atomic mass is 9.81. The predicted molar refractivity (Wildman–Crippen MR) is 72.7 cm³/mol. The van der Waals surface area contributed by atoms with Gasteiger partial charge in [0.2, 0.25) is 11.8 Å². The Labute approximate surface area is 119 Å². The van der Waals surface area contributed by atoms with Crippen molar-refractivity contribution < 1.29 is 14.4 Å². The Balaban J connectivity index is 1.87. The van der Waals surface area contributed by atoms with Gasteiger partial charge in [-0.3, -0.25) is 19.8 Å². The third kappa shape index (κ3) is 1.86. The number of carbonyl (C=O) groups is 3. The highest BCUT2D eigenvalue weighted by molar-refractivity contribution is 6.19. The molecule has 1 saturated heterocycles. The zero-order chi connectivity index (χ0) is 14.3. The first-order valence-corrected chi connectivity index (χ1v) is 7.75. The van der Waals surface area contributed by atoms with Crippen LogP contribution >= 0.6 is 0 Å². The van der Waals surface area contributed by atoms with E-state index in [2.05, 4.69) is 5.32 Å². The number of hydrogen-bond donors (Lipinski definition) is 1. The molecule has 3 fully saturated rings. The van der Waals surface area contributed by atoms with E-state index in [0.717, 1.165) is 25.7 Å². The van der Waals surface area contributed by atoms with Crippen LogP contribution in [0.1, 0.15) is 58.3 Å². The first kappa shape index (κ1) is 13.6. The number of carbonyl (C=O) groups excluding carboxylic acids is 3. The molecule has 1 aliphatic heterocycles. The predicted octanol–water partition coefficient (Wildman–Crippen LogP) is 2.20. The quantitative estimate of drug-likeness (QED) is 0.787. The molecule has 2 saturated carbocycles. The minimum atomic E-state index is -0.958. The smallest absolute Gasteiger partial charge is 0.277 e. The fourth-order valence-electron chi connectivity index (χ4n) is 4.14. The Morgan fingerprint density at radius 2 is 1.70 bits per heavy atom. The molecule has 0 aromatic rings. The molecule has 0 radical (unpaired) electrons. The molecule has 4 amide bonds. The normalized spacial score (nSPS) is 28.2. The molecule has 1 spiro atoms. The highest BCUT2D eigenvalue weighted by Gasteiger charge is 2.56. The van der Waals surface area contributed by atoms with Crippen LogP contribution in [0.5, 0.6) is 0 Å². The van der Waals surface area contributed by atoms with E-state index >= 15 is 0 Å². The summed E-state index contributed by atoms with van der Waals surface area (Å²) in [7, 11) is 0. The molecule has 1 heterocycles. The highest BCUT2D eigenvalue weighted by atomic mass is 16.2. The zero-order valence-corrected chi connectivity index (χ0v) is 12.0. The van der Waals surface area contributed by atoms with Gasteiger partial charge in [-0.05, 0) is 38.5 Å². The van der Waals surface area contributed by atoms with Crippen LogP contribution in [0.2, 0.25) is 0 Å². The van der Waals surface area contributed by atoms with Gasteiger partial charge in [-0.25, -0.2) is 4.79 Å². The number of nitrogens with one attached hydrogen (secondary N) is 1. The van der Waals surface area contributed by atoms with Gasteiger partial charge in [0.05, 0.1) is 0 Å². The van der Waals surface area contributed by atoms with Gasteiger partial charge >= 0.3 is 6.03 Å². The Hall–Kier alpha value is -1.39. The minimum absolute atomic E-state index is 0.101. The van der Waals surface area contributed by atoms with Gasteiger partial charge in [-0.15, -0.1) is 0 Å². The zero-order valence-electron chi connectivity index (χ0n) is 12.0. The van der Waals surface area contributed by atoms with E-state index in [9.17, 15) is 14.4 Å². The Morgan fingerprint density at radius 1 is 1.10 bits per heavy atom. The summed E-state index contributed by atoms with van der Waals surface area (Å²) in [6, 6.07) is -0.618.